The van der Waals surface area contributed by atoms with Crippen molar-refractivity contribution in [2.75, 3.05) is 31.2 Å². The Morgan fingerprint density at radius 2 is 1.77 bits per heavy atom. The van der Waals surface area contributed by atoms with E-state index in [-0.39, 0.29) is 24.3 Å². The van der Waals surface area contributed by atoms with Crippen LogP contribution in [0.1, 0.15) is 75.6 Å². The molecule has 35 heavy (non-hydrogen) atoms. The second-order valence-corrected chi connectivity index (χ2v) is 8.99. The fraction of sp³-hybridized carbons (Fsp3) is 0.517. The first-order chi connectivity index (χ1) is 17.0. The van der Waals surface area contributed by atoms with Crippen LogP contribution in [0.5, 0.6) is 5.75 Å². The van der Waals surface area contributed by atoms with E-state index in [1.165, 1.54) is 30.5 Å². The topological polar surface area (TPSA) is 67.9 Å². The summed E-state index contributed by atoms with van der Waals surface area (Å²) in [7, 11) is 0. The highest BCUT2D eigenvalue weighted by atomic mass is 16.5. The summed E-state index contributed by atoms with van der Waals surface area (Å²) in [6.45, 7) is 8.90. The molecule has 1 saturated heterocycles. The van der Waals surface area contributed by atoms with Crippen molar-refractivity contribution in [2.24, 2.45) is 0 Å². The third-order valence-corrected chi connectivity index (χ3v) is 6.45. The zero-order chi connectivity index (χ0) is 25.0. The van der Waals surface area contributed by atoms with E-state index in [1.807, 2.05) is 25.1 Å². The summed E-state index contributed by atoms with van der Waals surface area (Å²) in [6.07, 6.45) is 5.69. The van der Waals surface area contributed by atoms with Crippen LogP contribution in [-0.4, -0.2) is 38.2 Å². The number of hydrogen-bond donors (Lipinski definition) is 1. The molecule has 0 aromatic heterocycles. The maximum Gasteiger partial charge on any atom is 0.306 e. The number of anilines is 1. The van der Waals surface area contributed by atoms with Crippen molar-refractivity contribution in [1.29, 1.82) is 0 Å². The number of benzene rings is 2. The highest BCUT2D eigenvalue weighted by Crippen LogP contribution is 2.30. The van der Waals surface area contributed by atoms with Gasteiger partial charge < -0.3 is 19.7 Å². The Morgan fingerprint density at radius 3 is 2.49 bits per heavy atom. The van der Waals surface area contributed by atoms with Crippen LogP contribution < -0.4 is 15.0 Å². The Balaban J connectivity index is 1.68. The minimum Gasteiger partial charge on any atom is -0.494 e. The predicted molar refractivity (Wildman–Crippen MR) is 140 cm³/mol. The summed E-state index contributed by atoms with van der Waals surface area (Å²) < 4.78 is 10.9. The Morgan fingerprint density at radius 1 is 1.00 bits per heavy atom. The number of carbonyl (C=O) groups excluding carboxylic acids is 2. The van der Waals surface area contributed by atoms with E-state index in [1.54, 1.807) is 6.92 Å². The van der Waals surface area contributed by atoms with Gasteiger partial charge in [0.25, 0.3) is 0 Å². The molecule has 3 rings (SSSR count). The third kappa shape index (κ3) is 7.74. The van der Waals surface area contributed by atoms with E-state index in [0.717, 1.165) is 36.4 Å². The molecular formula is C29H40N2O4. The number of rotatable bonds is 12. The van der Waals surface area contributed by atoms with Crippen LogP contribution in [0.25, 0.3) is 0 Å². The smallest absolute Gasteiger partial charge is 0.306 e. The lowest BCUT2D eigenvalue weighted by Gasteiger charge is -2.32. The van der Waals surface area contributed by atoms with E-state index in [0.29, 0.717) is 26.1 Å². The van der Waals surface area contributed by atoms with Crippen molar-refractivity contribution in [2.45, 2.75) is 71.8 Å². The molecule has 6 nitrogen and oxygen atoms in total. The molecule has 1 N–H and O–H groups in total. The average Bonchev–Trinajstić information content (AvgIpc) is 2.88. The van der Waals surface area contributed by atoms with Crippen LogP contribution in [0, 0.1) is 0 Å². The molecule has 1 aliphatic rings. The minimum atomic E-state index is -0.214. The summed E-state index contributed by atoms with van der Waals surface area (Å²) in [5, 5.41) is 3.26. The van der Waals surface area contributed by atoms with Crippen LogP contribution in [-0.2, 0) is 27.2 Å². The molecule has 0 spiro atoms. The molecular weight excluding hydrogens is 440 g/mol. The fourth-order valence-corrected chi connectivity index (χ4v) is 4.71. The van der Waals surface area contributed by atoms with Crippen LogP contribution >= 0.6 is 0 Å². The first-order valence-electron chi connectivity index (χ1n) is 13.1. The molecule has 0 aliphatic carbocycles. The number of nitrogens with zero attached hydrogens (tertiary/aromatic N) is 1. The molecule has 2 aromatic rings. The number of amides is 1. The number of carbonyl (C=O) groups is 2. The highest BCUT2D eigenvalue weighted by molar-refractivity contribution is 5.79. The van der Waals surface area contributed by atoms with E-state index < -0.39 is 0 Å². The molecule has 1 heterocycles. The Labute approximate surface area is 210 Å². The zero-order valence-corrected chi connectivity index (χ0v) is 21.5. The van der Waals surface area contributed by atoms with Gasteiger partial charge >= 0.3 is 5.97 Å². The monoisotopic (exact) mass is 480 g/mol. The lowest BCUT2D eigenvalue weighted by Crippen LogP contribution is -2.34. The van der Waals surface area contributed by atoms with Crippen LogP contribution in [0.4, 0.5) is 5.69 Å². The van der Waals surface area contributed by atoms with Gasteiger partial charge in [-0.25, -0.2) is 0 Å². The fourth-order valence-electron chi connectivity index (χ4n) is 4.71. The SMILES string of the molecule is CCOC(=O)CCc1ccc(CC(=O)NC(CC)c2ccccc2N2CCCCC2)cc1OCC. The molecule has 1 fully saturated rings. The van der Waals surface area contributed by atoms with Gasteiger partial charge in [-0.3, -0.25) is 9.59 Å². The molecule has 1 amide bonds. The predicted octanol–water partition coefficient (Wildman–Crippen LogP) is 5.38. The van der Waals surface area contributed by atoms with Gasteiger partial charge in [-0.15, -0.1) is 0 Å². The maximum absolute atomic E-state index is 13.1. The summed E-state index contributed by atoms with van der Waals surface area (Å²) in [5.41, 5.74) is 4.27. The van der Waals surface area contributed by atoms with Crippen molar-refractivity contribution in [3.05, 3.63) is 59.2 Å². The van der Waals surface area contributed by atoms with Gasteiger partial charge in [0.2, 0.25) is 5.91 Å². The summed E-state index contributed by atoms with van der Waals surface area (Å²) in [4.78, 5) is 27.3. The maximum atomic E-state index is 13.1. The molecule has 0 saturated carbocycles. The number of nitrogens with one attached hydrogen (secondary N) is 1. The number of piperidine rings is 1. The Bertz CT molecular complexity index is 969. The molecule has 1 aliphatic heterocycles. The largest absolute Gasteiger partial charge is 0.494 e. The van der Waals surface area contributed by atoms with Gasteiger partial charge in [0.15, 0.2) is 0 Å². The Hall–Kier alpha value is -3.02. The van der Waals surface area contributed by atoms with Crippen molar-refractivity contribution in [3.8, 4) is 5.75 Å². The summed E-state index contributed by atoms with van der Waals surface area (Å²) in [6, 6.07) is 14.3. The average molecular weight is 481 g/mol. The van der Waals surface area contributed by atoms with Gasteiger partial charge in [-0.05, 0) is 74.8 Å². The zero-order valence-electron chi connectivity index (χ0n) is 21.5. The summed E-state index contributed by atoms with van der Waals surface area (Å²) in [5.74, 6) is 0.505. The first-order valence-corrected chi connectivity index (χ1v) is 13.1. The quantitative estimate of drug-likeness (QED) is 0.413. The van der Waals surface area contributed by atoms with Gasteiger partial charge in [-0.1, -0.05) is 37.3 Å². The molecule has 6 heteroatoms. The second kappa shape index (κ2) is 13.8. The number of ether oxygens (including phenoxy) is 2. The Kier molecular flexibility index (Phi) is 10.5. The van der Waals surface area contributed by atoms with Crippen molar-refractivity contribution >= 4 is 17.6 Å². The molecule has 2 aromatic carbocycles. The van der Waals surface area contributed by atoms with E-state index in [9.17, 15) is 9.59 Å². The van der Waals surface area contributed by atoms with E-state index in [2.05, 4.69) is 41.4 Å². The minimum absolute atomic E-state index is 0.00739. The van der Waals surface area contributed by atoms with E-state index in [4.69, 9.17) is 9.47 Å². The number of hydrogen-bond acceptors (Lipinski definition) is 5. The van der Waals surface area contributed by atoms with Gasteiger partial charge in [0.1, 0.15) is 5.75 Å². The second-order valence-electron chi connectivity index (χ2n) is 8.99. The number of aryl methyl sites for hydroxylation is 1. The van der Waals surface area contributed by atoms with Gasteiger partial charge in [0, 0.05) is 25.2 Å². The third-order valence-electron chi connectivity index (χ3n) is 6.45. The van der Waals surface area contributed by atoms with Crippen LogP contribution in [0.2, 0.25) is 0 Å². The van der Waals surface area contributed by atoms with Crippen molar-refractivity contribution < 1.29 is 19.1 Å². The van der Waals surface area contributed by atoms with Gasteiger partial charge in [-0.2, -0.15) is 0 Å². The molecule has 0 bridgehead atoms. The van der Waals surface area contributed by atoms with Crippen molar-refractivity contribution in [1.82, 2.24) is 5.32 Å². The number of para-hydroxylation sites is 1. The van der Waals surface area contributed by atoms with Crippen LogP contribution in [0.3, 0.4) is 0 Å². The first kappa shape index (κ1) is 26.6. The van der Waals surface area contributed by atoms with Crippen LogP contribution in [0.15, 0.2) is 42.5 Å². The molecule has 1 unspecified atom stereocenters. The number of esters is 1. The lowest BCUT2D eigenvalue weighted by molar-refractivity contribution is -0.143. The van der Waals surface area contributed by atoms with E-state index >= 15 is 0 Å². The molecule has 190 valence electrons. The normalized spacial score (nSPS) is 14.3. The summed E-state index contributed by atoms with van der Waals surface area (Å²) >= 11 is 0. The van der Waals surface area contributed by atoms with Gasteiger partial charge in [0.05, 0.1) is 25.7 Å². The lowest BCUT2D eigenvalue weighted by atomic mass is 9.99. The molecule has 1 atom stereocenters. The highest BCUT2D eigenvalue weighted by Gasteiger charge is 2.21. The van der Waals surface area contributed by atoms with Crippen molar-refractivity contribution in [3.63, 3.8) is 0 Å². The molecule has 0 radical (unpaired) electrons. The standard InChI is InChI=1S/C29H40N2O4/c1-4-25(24-12-8-9-13-26(24)31-18-10-7-11-19-31)30-28(32)21-22-14-15-23(27(20-22)34-5-2)16-17-29(33)35-6-3/h8-9,12-15,20,25H,4-7,10-11,16-19,21H2,1-3H3,(H,30,32).